The summed E-state index contributed by atoms with van der Waals surface area (Å²) >= 11 is 1.41. The summed E-state index contributed by atoms with van der Waals surface area (Å²) in [6, 6.07) is 12.2. The Morgan fingerprint density at radius 3 is 2.89 bits per heavy atom. The van der Waals surface area contributed by atoms with Gasteiger partial charge in [0.15, 0.2) is 5.76 Å². The van der Waals surface area contributed by atoms with Gasteiger partial charge in [0.05, 0.1) is 19.1 Å². The van der Waals surface area contributed by atoms with Crippen LogP contribution in [-0.4, -0.2) is 27.9 Å². The predicted molar refractivity (Wildman–Crippen MR) is 107 cm³/mol. The predicted octanol–water partition coefficient (Wildman–Crippen LogP) is 4.55. The molecule has 8 nitrogen and oxygen atoms in total. The Morgan fingerprint density at radius 1 is 1.21 bits per heavy atom. The minimum atomic E-state index is -0.391. The minimum Gasteiger partial charge on any atom is -0.497 e. The lowest BCUT2D eigenvalue weighted by Gasteiger charge is -2.09. The quantitative estimate of drug-likeness (QED) is 0.517. The summed E-state index contributed by atoms with van der Waals surface area (Å²) in [7, 11) is 1.57. The summed E-state index contributed by atoms with van der Waals surface area (Å²) in [6.45, 7) is 1.85. The van der Waals surface area contributed by atoms with Crippen molar-refractivity contribution < 1.29 is 13.9 Å². The first-order chi connectivity index (χ1) is 13.6. The highest BCUT2D eigenvalue weighted by Crippen LogP contribution is 2.26. The van der Waals surface area contributed by atoms with E-state index in [-0.39, 0.29) is 0 Å². The molecule has 0 radical (unpaired) electrons. The third-order valence-electron chi connectivity index (χ3n) is 3.85. The molecule has 0 saturated heterocycles. The van der Waals surface area contributed by atoms with Gasteiger partial charge in [-0.1, -0.05) is 6.07 Å². The Kier molecular flexibility index (Phi) is 4.81. The fourth-order valence-electron chi connectivity index (χ4n) is 2.61. The zero-order chi connectivity index (χ0) is 19.5. The lowest BCUT2D eigenvalue weighted by Crippen LogP contribution is -2.21. The smallest absolute Gasteiger partial charge is 0.324 e. The number of anilines is 2. The number of carbonyl (C=O) groups excluding carboxylic acids is 1. The molecule has 3 heterocycles. The number of nitrogens with one attached hydrogen (secondary N) is 2. The van der Waals surface area contributed by atoms with Crippen LogP contribution in [0.5, 0.6) is 5.75 Å². The summed E-state index contributed by atoms with van der Waals surface area (Å²) in [4.78, 5) is 17.0. The van der Waals surface area contributed by atoms with Gasteiger partial charge in [-0.3, -0.25) is 5.32 Å². The second-order valence-corrected chi connectivity index (χ2v) is 6.72. The van der Waals surface area contributed by atoms with Crippen molar-refractivity contribution in [2.45, 2.75) is 6.92 Å². The maximum Gasteiger partial charge on any atom is 0.324 e. The van der Waals surface area contributed by atoms with Gasteiger partial charge in [0, 0.05) is 23.2 Å². The first kappa shape index (κ1) is 17.8. The first-order valence-corrected chi connectivity index (χ1v) is 9.29. The maximum atomic E-state index is 12.4. The van der Waals surface area contributed by atoms with E-state index < -0.39 is 6.03 Å². The Morgan fingerprint density at radius 2 is 2.11 bits per heavy atom. The number of benzene rings is 1. The van der Waals surface area contributed by atoms with E-state index in [1.807, 2.05) is 24.4 Å². The highest BCUT2D eigenvalue weighted by atomic mass is 32.1. The van der Waals surface area contributed by atoms with Crippen molar-refractivity contribution in [2.24, 2.45) is 0 Å². The van der Waals surface area contributed by atoms with Crippen LogP contribution in [0.25, 0.3) is 16.6 Å². The van der Waals surface area contributed by atoms with Gasteiger partial charge < -0.3 is 14.5 Å². The van der Waals surface area contributed by atoms with Crippen molar-refractivity contribution in [1.29, 1.82) is 0 Å². The molecule has 0 atom stereocenters. The number of hydrogen-bond donors (Lipinski definition) is 2. The first-order valence-electron chi connectivity index (χ1n) is 8.41. The van der Waals surface area contributed by atoms with Crippen molar-refractivity contribution >= 4 is 28.9 Å². The number of aryl methyl sites for hydroxylation is 1. The van der Waals surface area contributed by atoms with Crippen LogP contribution in [0.15, 0.2) is 58.5 Å². The second kappa shape index (κ2) is 7.57. The van der Waals surface area contributed by atoms with Crippen LogP contribution in [0.3, 0.4) is 0 Å². The number of methoxy groups -OCH3 is 1. The van der Waals surface area contributed by atoms with Crippen molar-refractivity contribution in [3.05, 3.63) is 59.8 Å². The molecule has 1 aromatic carbocycles. The zero-order valence-corrected chi connectivity index (χ0v) is 16.0. The molecule has 2 amide bonds. The molecule has 4 rings (SSSR count). The second-order valence-electron chi connectivity index (χ2n) is 5.89. The monoisotopic (exact) mass is 395 g/mol. The summed E-state index contributed by atoms with van der Waals surface area (Å²) < 4.78 is 12.1. The fraction of sp³-hybridized carbons (Fsp3) is 0.105. The third-order valence-corrected chi connectivity index (χ3v) is 4.66. The zero-order valence-electron chi connectivity index (χ0n) is 15.2. The van der Waals surface area contributed by atoms with Gasteiger partial charge in [-0.2, -0.15) is 9.78 Å². The Balaban J connectivity index is 1.54. The standard InChI is InChI=1S/C19H17N5O3S/c1-12-9-17(22-18(25)20-13-5-3-6-14(10-13)26-2)24(23-12)19-21-15(11-28-19)16-7-4-8-27-16/h3-11H,1-2H3,(H2,20,22,25). The van der Waals surface area contributed by atoms with Gasteiger partial charge in [0.25, 0.3) is 0 Å². The molecule has 0 aliphatic rings. The van der Waals surface area contributed by atoms with Gasteiger partial charge in [-0.25, -0.2) is 9.78 Å². The number of amides is 2. The normalized spacial score (nSPS) is 10.6. The summed E-state index contributed by atoms with van der Waals surface area (Å²) in [6.07, 6.45) is 1.60. The Labute approximate surface area is 164 Å². The van der Waals surface area contributed by atoms with E-state index in [2.05, 4.69) is 20.7 Å². The molecular formula is C19H17N5O3S. The van der Waals surface area contributed by atoms with Gasteiger partial charge >= 0.3 is 6.03 Å². The van der Waals surface area contributed by atoms with Gasteiger partial charge in [0.2, 0.25) is 5.13 Å². The van der Waals surface area contributed by atoms with Crippen molar-refractivity contribution in [1.82, 2.24) is 14.8 Å². The SMILES string of the molecule is COc1cccc(NC(=O)Nc2cc(C)nn2-c2nc(-c3ccco3)cs2)c1. The molecule has 0 aliphatic heterocycles. The molecule has 0 fully saturated rings. The molecule has 3 aromatic heterocycles. The van der Waals surface area contributed by atoms with E-state index in [1.54, 1.807) is 48.4 Å². The van der Waals surface area contributed by atoms with Crippen LogP contribution in [0, 0.1) is 6.92 Å². The number of rotatable bonds is 5. The number of nitrogens with zero attached hydrogens (tertiary/aromatic N) is 3. The number of hydrogen-bond acceptors (Lipinski definition) is 6. The summed E-state index contributed by atoms with van der Waals surface area (Å²) in [5.74, 6) is 1.85. The largest absolute Gasteiger partial charge is 0.497 e. The van der Waals surface area contributed by atoms with E-state index in [9.17, 15) is 4.79 Å². The van der Waals surface area contributed by atoms with Crippen molar-refractivity contribution in [2.75, 3.05) is 17.7 Å². The van der Waals surface area contributed by atoms with E-state index in [4.69, 9.17) is 9.15 Å². The summed E-state index contributed by atoms with van der Waals surface area (Å²) in [5.41, 5.74) is 2.09. The number of urea groups is 1. The molecule has 0 spiro atoms. The number of aromatic nitrogens is 3. The maximum absolute atomic E-state index is 12.4. The van der Waals surface area contributed by atoms with Crippen molar-refractivity contribution in [3.63, 3.8) is 0 Å². The topological polar surface area (TPSA) is 94.2 Å². The summed E-state index contributed by atoms with van der Waals surface area (Å²) in [5, 5.41) is 12.5. The Bertz CT molecular complexity index is 1100. The molecule has 2 N–H and O–H groups in total. The van der Waals surface area contributed by atoms with E-state index in [0.29, 0.717) is 33.8 Å². The highest BCUT2D eigenvalue weighted by Gasteiger charge is 2.15. The van der Waals surface area contributed by atoms with E-state index >= 15 is 0 Å². The minimum absolute atomic E-state index is 0.391. The Hall–Kier alpha value is -3.59. The lowest BCUT2D eigenvalue weighted by molar-refractivity contribution is 0.262. The highest BCUT2D eigenvalue weighted by molar-refractivity contribution is 7.12. The molecule has 0 unspecified atom stereocenters. The molecular weight excluding hydrogens is 378 g/mol. The third kappa shape index (κ3) is 3.74. The number of carbonyl (C=O) groups is 1. The van der Waals surface area contributed by atoms with Crippen molar-refractivity contribution in [3.8, 4) is 22.3 Å². The van der Waals surface area contributed by atoms with Gasteiger partial charge in [-0.05, 0) is 31.2 Å². The van der Waals surface area contributed by atoms with Gasteiger partial charge in [0.1, 0.15) is 17.3 Å². The number of furan rings is 1. The lowest BCUT2D eigenvalue weighted by atomic mass is 10.3. The number of ether oxygens (including phenoxy) is 1. The molecule has 4 aromatic rings. The fourth-order valence-corrected chi connectivity index (χ4v) is 3.39. The molecule has 142 valence electrons. The van der Waals surface area contributed by atoms with Crippen LogP contribution in [0.4, 0.5) is 16.3 Å². The van der Waals surface area contributed by atoms with Gasteiger partial charge in [-0.15, -0.1) is 11.3 Å². The van der Waals surface area contributed by atoms with Crippen LogP contribution >= 0.6 is 11.3 Å². The van der Waals surface area contributed by atoms with Crippen LogP contribution in [-0.2, 0) is 0 Å². The van der Waals surface area contributed by atoms with Crippen LogP contribution in [0.2, 0.25) is 0 Å². The molecule has 0 bridgehead atoms. The molecule has 0 aliphatic carbocycles. The molecule has 28 heavy (non-hydrogen) atoms. The average molecular weight is 395 g/mol. The van der Waals surface area contributed by atoms with Crippen LogP contribution < -0.4 is 15.4 Å². The van der Waals surface area contributed by atoms with Crippen LogP contribution in [0.1, 0.15) is 5.69 Å². The molecule has 0 saturated carbocycles. The van der Waals surface area contributed by atoms with E-state index in [1.165, 1.54) is 11.3 Å². The molecule has 9 heteroatoms. The van der Waals surface area contributed by atoms with E-state index in [0.717, 1.165) is 5.69 Å². The number of thiazole rings is 1. The average Bonchev–Trinajstić information content (AvgIpc) is 3.42.